The number of amides is 1. The van der Waals surface area contributed by atoms with Crippen molar-refractivity contribution in [2.75, 3.05) is 32.8 Å². The minimum Gasteiger partial charge on any atom is -0.493 e. The second kappa shape index (κ2) is 8.83. The van der Waals surface area contributed by atoms with Crippen LogP contribution in [-0.4, -0.2) is 56.3 Å². The van der Waals surface area contributed by atoms with Crippen molar-refractivity contribution in [1.82, 2.24) is 9.21 Å². The van der Waals surface area contributed by atoms with Crippen LogP contribution in [0.5, 0.6) is 5.75 Å². The maximum atomic E-state index is 13.9. The molecule has 1 aliphatic heterocycles. The maximum Gasteiger partial charge on any atom is 0.249 e. The molecular weight excluding hydrogens is 409 g/mol. The van der Waals surface area contributed by atoms with E-state index >= 15 is 0 Å². The predicted molar refractivity (Wildman–Crippen MR) is 98.2 cm³/mol. The van der Waals surface area contributed by atoms with Gasteiger partial charge in [-0.05, 0) is 36.4 Å². The van der Waals surface area contributed by atoms with Gasteiger partial charge in [-0.1, -0.05) is 6.07 Å². The fraction of sp³-hybridized carbons (Fsp3) is 0.316. The summed E-state index contributed by atoms with van der Waals surface area (Å²) in [5.74, 6) is -2.50. The van der Waals surface area contributed by atoms with Crippen LogP contribution in [0.3, 0.4) is 0 Å². The molecule has 2 aromatic carbocycles. The molecular formula is C19H19F3N2O4S. The lowest BCUT2D eigenvalue weighted by atomic mass is 10.3. The lowest BCUT2D eigenvalue weighted by Crippen LogP contribution is -2.50. The molecule has 1 saturated heterocycles. The van der Waals surface area contributed by atoms with E-state index in [4.69, 9.17) is 4.74 Å². The molecule has 10 heteroatoms. The molecule has 29 heavy (non-hydrogen) atoms. The number of sulfonamides is 1. The molecule has 0 aliphatic carbocycles. The second-order valence-electron chi connectivity index (χ2n) is 6.39. The summed E-state index contributed by atoms with van der Waals surface area (Å²) >= 11 is 0. The second-order valence-corrected chi connectivity index (χ2v) is 8.26. The number of hydrogen-bond donors (Lipinski definition) is 0. The van der Waals surface area contributed by atoms with Crippen LogP contribution in [-0.2, 0) is 14.8 Å². The molecule has 0 radical (unpaired) electrons. The summed E-state index contributed by atoms with van der Waals surface area (Å²) < 4.78 is 72.0. The number of carbonyl (C=O) groups is 1. The highest BCUT2D eigenvalue weighted by Crippen LogP contribution is 2.23. The first-order valence-corrected chi connectivity index (χ1v) is 10.3. The van der Waals surface area contributed by atoms with Crippen LogP contribution in [0.15, 0.2) is 47.4 Å². The van der Waals surface area contributed by atoms with Crippen molar-refractivity contribution >= 4 is 15.9 Å². The number of carbonyl (C=O) groups excluding carboxylic acids is 1. The van der Waals surface area contributed by atoms with Crippen molar-refractivity contribution in [2.45, 2.75) is 11.3 Å². The lowest BCUT2D eigenvalue weighted by molar-refractivity contribution is -0.132. The molecule has 1 fully saturated rings. The maximum absolute atomic E-state index is 13.9. The monoisotopic (exact) mass is 428 g/mol. The molecule has 0 spiro atoms. The summed E-state index contributed by atoms with van der Waals surface area (Å²) in [4.78, 5) is 12.8. The number of piperazine rings is 1. The molecule has 2 aromatic rings. The van der Waals surface area contributed by atoms with E-state index in [1.165, 1.54) is 29.2 Å². The van der Waals surface area contributed by atoms with Crippen LogP contribution in [0, 0.1) is 17.5 Å². The first-order valence-electron chi connectivity index (χ1n) is 8.89. The van der Waals surface area contributed by atoms with Gasteiger partial charge in [0.1, 0.15) is 23.2 Å². The molecule has 0 aromatic heterocycles. The van der Waals surface area contributed by atoms with E-state index in [1.807, 2.05) is 0 Å². The van der Waals surface area contributed by atoms with Crippen molar-refractivity contribution in [2.24, 2.45) is 0 Å². The summed E-state index contributed by atoms with van der Waals surface area (Å²) in [7, 11) is -4.34. The smallest absolute Gasteiger partial charge is 0.249 e. The van der Waals surface area contributed by atoms with Gasteiger partial charge in [-0.3, -0.25) is 4.79 Å². The normalized spacial score (nSPS) is 15.3. The van der Waals surface area contributed by atoms with Gasteiger partial charge >= 0.3 is 0 Å². The number of benzene rings is 2. The Labute approximate surface area is 166 Å². The highest BCUT2D eigenvalue weighted by atomic mass is 32.2. The van der Waals surface area contributed by atoms with Gasteiger partial charge in [-0.2, -0.15) is 4.31 Å². The van der Waals surface area contributed by atoms with E-state index in [1.54, 1.807) is 0 Å². The zero-order valence-corrected chi connectivity index (χ0v) is 16.2. The molecule has 156 valence electrons. The number of halogens is 3. The summed E-state index contributed by atoms with van der Waals surface area (Å²) in [6.07, 6.45) is 0.0616. The van der Waals surface area contributed by atoms with Crippen molar-refractivity contribution in [3.63, 3.8) is 0 Å². The topological polar surface area (TPSA) is 66.9 Å². The summed E-state index contributed by atoms with van der Waals surface area (Å²) in [6, 6.07) is 8.25. The number of hydrogen-bond acceptors (Lipinski definition) is 4. The summed E-state index contributed by atoms with van der Waals surface area (Å²) in [6.45, 7) is 0.153. The SMILES string of the molecule is O=C(CCOc1ccc(F)cc1)N1CCN(S(=O)(=O)c2c(F)cccc2F)CC1. The van der Waals surface area contributed by atoms with Gasteiger partial charge in [0.05, 0.1) is 13.0 Å². The van der Waals surface area contributed by atoms with Gasteiger partial charge in [-0.25, -0.2) is 21.6 Å². The highest BCUT2D eigenvalue weighted by molar-refractivity contribution is 7.89. The zero-order valence-electron chi connectivity index (χ0n) is 15.4. The van der Waals surface area contributed by atoms with Gasteiger partial charge in [0, 0.05) is 26.2 Å². The van der Waals surface area contributed by atoms with E-state index in [0.29, 0.717) is 5.75 Å². The van der Waals surface area contributed by atoms with Crippen molar-refractivity contribution in [1.29, 1.82) is 0 Å². The third-order valence-electron chi connectivity index (χ3n) is 4.51. The lowest BCUT2D eigenvalue weighted by Gasteiger charge is -2.34. The molecule has 1 heterocycles. The molecule has 3 rings (SSSR count). The Balaban J connectivity index is 1.53. The first-order chi connectivity index (χ1) is 13.8. The van der Waals surface area contributed by atoms with Crippen LogP contribution in [0.25, 0.3) is 0 Å². The molecule has 0 unspecified atom stereocenters. The Bertz CT molecular complexity index is 955. The zero-order chi connectivity index (χ0) is 21.0. The summed E-state index contributed by atoms with van der Waals surface area (Å²) in [5, 5.41) is 0. The van der Waals surface area contributed by atoms with E-state index in [9.17, 15) is 26.4 Å². The molecule has 0 saturated carbocycles. The molecule has 1 amide bonds. The molecule has 0 N–H and O–H groups in total. The average molecular weight is 428 g/mol. The fourth-order valence-electron chi connectivity index (χ4n) is 2.98. The van der Waals surface area contributed by atoms with Gasteiger partial charge < -0.3 is 9.64 Å². The summed E-state index contributed by atoms with van der Waals surface area (Å²) in [5.41, 5.74) is 0. The van der Waals surface area contributed by atoms with Crippen molar-refractivity contribution in [3.8, 4) is 5.75 Å². The van der Waals surface area contributed by atoms with Gasteiger partial charge in [-0.15, -0.1) is 0 Å². The van der Waals surface area contributed by atoms with Crippen LogP contribution in [0.4, 0.5) is 13.2 Å². The van der Waals surface area contributed by atoms with Crippen LogP contribution >= 0.6 is 0 Å². The van der Waals surface area contributed by atoms with Crippen molar-refractivity contribution < 1.29 is 31.1 Å². The third-order valence-corrected chi connectivity index (χ3v) is 6.46. The quantitative estimate of drug-likeness (QED) is 0.709. The third kappa shape index (κ3) is 4.88. The van der Waals surface area contributed by atoms with Crippen molar-refractivity contribution in [3.05, 3.63) is 59.9 Å². The average Bonchev–Trinajstić information content (AvgIpc) is 2.69. The van der Waals surface area contributed by atoms with Gasteiger partial charge in [0.25, 0.3) is 0 Å². The Hall–Kier alpha value is -2.59. The first kappa shape index (κ1) is 21.1. The minimum absolute atomic E-state index is 0.0616. The van der Waals surface area contributed by atoms with E-state index < -0.39 is 32.4 Å². The number of nitrogens with zero attached hydrogens (tertiary/aromatic N) is 2. The highest BCUT2D eigenvalue weighted by Gasteiger charge is 2.33. The van der Waals surface area contributed by atoms with E-state index in [2.05, 4.69) is 0 Å². The van der Waals surface area contributed by atoms with Crippen LogP contribution in [0.1, 0.15) is 6.42 Å². The Morgan fingerprint density at radius 1 is 0.931 bits per heavy atom. The molecule has 6 nitrogen and oxygen atoms in total. The number of rotatable bonds is 6. The molecule has 1 aliphatic rings. The standard InChI is InChI=1S/C19H19F3N2O4S/c20-14-4-6-15(7-5-14)28-13-8-18(25)23-9-11-24(12-10-23)29(26,27)19-16(21)2-1-3-17(19)22/h1-7H,8-13H2. The van der Waals surface area contributed by atoms with E-state index in [-0.39, 0.29) is 45.1 Å². The molecule has 0 bridgehead atoms. The predicted octanol–water partition coefficient (Wildman–Crippen LogP) is 2.41. The van der Waals surface area contributed by atoms with E-state index in [0.717, 1.165) is 22.5 Å². The minimum atomic E-state index is -4.34. The van der Waals surface area contributed by atoms with Crippen LogP contribution < -0.4 is 4.74 Å². The largest absolute Gasteiger partial charge is 0.493 e. The number of ether oxygens (including phenoxy) is 1. The Kier molecular flexibility index (Phi) is 6.43. The van der Waals surface area contributed by atoms with Gasteiger partial charge in [0.15, 0.2) is 4.90 Å². The Morgan fingerprint density at radius 2 is 1.52 bits per heavy atom. The molecule has 0 atom stereocenters. The van der Waals surface area contributed by atoms with Gasteiger partial charge in [0.2, 0.25) is 15.9 Å². The van der Waals surface area contributed by atoms with Crippen LogP contribution in [0.2, 0.25) is 0 Å². The Morgan fingerprint density at radius 3 is 2.10 bits per heavy atom. The fourth-order valence-corrected chi connectivity index (χ4v) is 4.51.